The maximum Gasteiger partial charge on any atom is 0.254 e. The minimum Gasteiger partial charge on any atom is -0.367 e. The molecule has 2 aromatic heterocycles. The Bertz CT molecular complexity index is 923. The first-order valence-corrected chi connectivity index (χ1v) is 8.26. The summed E-state index contributed by atoms with van der Waals surface area (Å²) < 4.78 is 5.79. The van der Waals surface area contributed by atoms with E-state index in [1.54, 1.807) is 12.4 Å². The predicted molar refractivity (Wildman–Crippen MR) is 93.1 cm³/mol. The molecule has 3 heterocycles. The van der Waals surface area contributed by atoms with Gasteiger partial charge in [0.05, 0.1) is 18.7 Å². The zero-order valence-corrected chi connectivity index (χ0v) is 13.9. The van der Waals surface area contributed by atoms with E-state index >= 15 is 0 Å². The van der Waals surface area contributed by atoms with Crippen molar-refractivity contribution in [1.29, 1.82) is 0 Å². The fourth-order valence-electron chi connectivity index (χ4n) is 3.07. The Morgan fingerprint density at radius 3 is 2.96 bits per heavy atom. The van der Waals surface area contributed by atoms with E-state index in [2.05, 4.69) is 15.0 Å². The third-order valence-corrected chi connectivity index (χ3v) is 4.33. The Kier molecular flexibility index (Phi) is 4.11. The van der Waals surface area contributed by atoms with Crippen LogP contribution in [-0.2, 0) is 4.74 Å². The van der Waals surface area contributed by atoms with Gasteiger partial charge >= 0.3 is 0 Å². The molecule has 1 fully saturated rings. The number of nitrogens with zero attached hydrogens (tertiary/aromatic N) is 4. The van der Waals surface area contributed by atoms with Crippen LogP contribution >= 0.6 is 0 Å². The van der Waals surface area contributed by atoms with Crippen LogP contribution in [0.3, 0.4) is 0 Å². The van der Waals surface area contributed by atoms with Crippen LogP contribution in [0.5, 0.6) is 0 Å². The fourth-order valence-corrected chi connectivity index (χ4v) is 3.07. The van der Waals surface area contributed by atoms with Crippen LogP contribution in [-0.4, -0.2) is 45.5 Å². The van der Waals surface area contributed by atoms with E-state index in [-0.39, 0.29) is 12.0 Å². The Labute approximate surface area is 145 Å². The number of benzene rings is 1. The molecule has 1 aliphatic heterocycles. The molecule has 6 heteroatoms. The van der Waals surface area contributed by atoms with Gasteiger partial charge in [0.2, 0.25) is 0 Å². The third kappa shape index (κ3) is 3.08. The van der Waals surface area contributed by atoms with E-state index in [0.717, 1.165) is 16.6 Å². The largest absolute Gasteiger partial charge is 0.367 e. The summed E-state index contributed by atoms with van der Waals surface area (Å²) in [6.45, 7) is 3.38. The Balaban J connectivity index is 1.61. The van der Waals surface area contributed by atoms with E-state index < -0.39 is 0 Å². The summed E-state index contributed by atoms with van der Waals surface area (Å²) in [4.78, 5) is 27.9. The lowest BCUT2D eigenvalue weighted by Gasteiger charge is -2.32. The molecule has 3 aromatic rings. The molecule has 1 aromatic carbocycles. The van der Waals surface area contributed by atoms with Gasteiger partial charge in [0.25, 0.3) is 5.91 Å². The zero-order valence-electron chi connectivity index (χ0n) is 13.9. The maximum absolute atomic E-state index is 13.1. The van der Waals surface area contributed by atoms with Gasteiger partial charge in [-0.15, -0.1) is 0 Å². The van der Waals surface area contributed by atoms with E-state index in [0.29, 0.717) is 31.1 Å². The molecule has 1 unspecified atom stereocenters. The van der Waals surface area contributed by atoms with Gasteiger partial charge in [-0.25, -0.2) is 9.97 Å². The highest BCUT2D eigenvalue weighted by atomic mass is 16.5. The number of rotatable bonds is 2. The number of morpholine rings is 1. The second-order valence-corrected chi connectivity index (χ2v) is 6.04. The van der Waals surface area contributed by atoms with Crippen LogP contribution in [0.15, 0.2) is 48.8 Å². The van der Waals surface area contributed by atoms with Crippen LogP contribution in [0.25, 0.3) is 10.9 Å². The molecule has 25 heavy (non-hydrogen) atoms. The number of pyridine rings is 1. The van der Waals surface area contributed by atoms with Crippen LogP contribution in [0, 0.1) is 6.92 Å². The summed E-state index contributed by atoms with van der Waals surface area (Å²) in [5.41, 5.74) is 2.37. The monoisotopic (exact) mass is 334 g/mol. The summed E-state index contributed by atoms with van der Waals surface area (Å²) >= 11 is 0. The van der Waals surface area contributed by atoms with Crippen molar-refractivity contribution in [2.24, 2.45) is 0 Å². The van der Waals surface area contributed by atoms with Crippen LogP contribution in [0.1, 0.15) is 28.0 Å². The number of ether oxygens (including phenoxy) is 1. The minimum atomic E-state index is -0.300. The molecule has 0 bridgehead atoms. The topological polar surface area (TPSA) is 68.2 Å². The SMILES string of the molecule is Cc1ccnc(C2CN(C(=O)c3cccc4ncccc34)CCO2)n1. The zero-order chi connectivity index (χ0) is 17.2. The molecule has 1 aliphatic rings. The first-order chi connectivity index (χ1) is 12.2. The lowest BCUT2D eigenvalue weighted by Crippen LogP contribution is -2.42. The standard InChI is InChI=1S/C19H18N4O2/c1-13-7-9-21-18(22-13)17-12-23(10-11-25-17)19(24)15-4-2-6-16-14(15)5-3-8-20-16/h2-9,17H,10-12H2,1H3. The molecule has 1 atom stereocenters. The normalized spacial score (nSPS) is 17.6. The highest BCUT2D eigenvalue weighted by Gasteiger charge is 2.28. The average Bonchev–Trinajstić information content (AvgIpc) is 2.67. The first-order valence-electron chi connectivity index (χ1n) is 8.26. The number of aromatic nitrogens is 3. The molecule has 1 amide bonds. The number of fused-ring (bicyclic) bond motifs is 1. The molecule has 1 saturated heterocycles. The molecule has 0 radical (unpaired) electrons. The first kappa shape index (κ1) is 15.7. The summed E-state index contributed by atoms with van der Waals surface area (Å²) in [6.07, 6.45) is 3.15. The Hall–Kier alpha value is -2.86. The van der Waals surface area contributed by atoms with Crippen LogP contribution in [0.4, 0.5) is 0 Å². The van der Waals surface area contributed by atoms with E-state index in [1.807, 2.05) is 48.2 Å². The van der Waals surface area contributed by atoms with Crippen molar-refractivity contribution >= 4 is 16.8 Å². The van der Waals surface area contributed by atoms with Crippen molar-refractivity contribution in [3.8, 4) is 0 Å². The van der Waals surface area contributed by atoms with Crippen molar-refractivity contribution in [2.45, 2.75) is 13.0 Å². The van der Waals surface area contributed by atoms with E-state index in [1.165, 1.54) is 0 Å². The van der Waals surface area contributed by atoms with E-state index in [4.69, 9.17) is 4.74 Å². The molecule has 6 nitrogen and oxygen atoms in total. The van der Waals surface area contributed by atoms with Gasteiger partial charge in [-0.3, -0.25) is 9.78 Å². The molecular formula is C19H18N4O2. The maximum atomic E-state index is 13.1. The van der Waals surface area contributed by atoms with Gasteiger partial charge in [0.15, 0.2) is 5.82 Å². The van der Waals surface area contributed by atoms with Crippen molar-refractivity contribution in [2.75, 3.05) is 19.7 Å². The summed E-state index contributed by atoms with van der Waals surface area (Å²) in [6, 6.07) is 11.2. The fraction of sp³-hybridized carbons (Fsp3) is 0.263. The number of hydrogen-bond donors (Lipinski definition) is 0. The lowest BCUT2D eigenvalue weighted by molar-refractivity contribution is -0.0268. The van der Waals surface area contributed by atoms with Gasteiger partial charge in [0.1, 0.15) is 6.10 Å². The number of hydrogen-bond acceptors (Lipinski definition) is 5. The number of carbonyl (C=O) groups excluding carboxylic acids is 1. The second-order valence-electron chi connectivity index (χ2n) is 6.04. The molecular weight excluding hydrogens is 316 g/mol. The number of amides is 1. The Morgan fingerprint density at radius 2 is 2.08 bits per heavy atom. The van der Waals surface area contributed by atoms with Crippen LogP contribution < -0.4 is 0 Å². The van der Waals surface area contributed by atoms with Crippen molar-refractivity contribution < 1.29 is 9.53 Å². The van der Waals surface area contributed by atoms with Crippen molar-refractivity contribution in [3.63, 3.8) is 0 Å². The number of carbonyl (C=O) groups is 1. The summed E-state index contributed by atoms with van der Waals surface area (Å²) in [7, 11) is 0. The van der Waals surface area contributed by atoms with Gasteiger partial charge in [-0.2, -0.15) is 0 Å². The second kappa shape index (κ2) is 6.57. The average molecular weight is 334 g/mol. The molecule has 0 saturated carbocycles. The van der Waals surface area contributed by atoms with Crippen molar-refractivity contribution in [1.82, 2.24) is 19.9 Å². The van der Waals surface area contributed by atoms with Gasteiger partial charge in [0, 0.05) is 35.6 Å². The molecule has 0 spiro atoms. The summed E-state index contributed by atoms with van der Waals surface area (Å²) in [5.74, 6) is 0.608. The van der Waals surface area contributed by atoms with Gasteiger partial charge in [-0.05, 0) is 31.2 Å². The molecule has 0 aliphatic carbocycles. The number of aryl methyl sites for hydroxylation is 1. The predicted octanol–water partition coefficient (Wildman–Crippen LogP) is 2.55. The Morgan fingerprint density at radius 1 is 1.16 bits per heavy atom. The quantitative estimate of drug-likeness (QED) is 0.720. The van der Waals surface area contributed by atoms with E-state index in [9.17, 15) is 4.79 Å². The molecule has 126 valence electrons. The van der Waals surface area contributed by atoms with Crippen LogP contribution in [0.2, 0.25) is 0 Å². The molecule has 4 rings (SSSR count). The highest BCUT2D eigenvalue weighted by molar-refractivity contribution is 6.06. The van der Waals surface area contributed by atoms with Gasteiger partial charge in [-0.1, -0.05) is 12.1 Å². The van der Waals surface area contributed by atoms with Gasteiger partial charge < -0.3 is 9.64 Å². The smallest absolute Gasteiger partial charge is 0.254 e. The lowest BCUT2D eigenvalue weighted by atomic mass is 10.1. The minimum absolute atomic E-state index is 0.0143. The highest BCUT2D eigenvalue weighted by Crippen LogP contribution is 2.23. The summed E-state index contributed by atoms with van der Waals surface area (Å²) in [5, 5.41) is 0.866. The van der Waals surface area contributed by atoms with Crippen molar-refractivity contribution in [3.05, 3.63) is 65.9 Å². The molecule has 0 N–H and O–H groups in total. The third-order valence-electron chi connectivity index (χ3n) is 4.33.